The highest BCUT2D eigenvalue weighted by Crippen LogP contribution is 2.48. The number of carbonyl (C=O) groups excluding carboxylic acids is 3. The molecule has 1 N–H and O–H groups in total. The van der Waals surface area contributed by atoms with Gasteiger partial charge in [-0.2, -0.15) is 0 Å². The van der Waals surface area contributed by atoms with Crippen LogP contribution in [0.15, 0.2) is 35.7 Å². The third-order valence-corrected chi connectivity index (χ3v) is 6.32. The molecular formula is C18H12N2O5S. The van der Waals surface area contributed by atoms with Gasteiger partial charge in [0, 0.05) is 11.3 Å². The summed E-state index contributed by atoms with van der Waals surface area (Å²) in [5, 5.41) is 11.3. The van der Waals surface area contributed by atoms with E-state index in [1.807, 2.05) is 11.4 Å². The molecule has 1 saturated heterocycles. The maximum atomic E-state index is 12.8. The van der Waals surface area contributed by atoms with E-state index in [4.69, 9.17) is 0 Å². The van der Waals surface area contributed by atoms with Gasteiger partial charge in [0.2, 0.25) is 5.91 Å². The van der Waals surface area contributed by atoms with Gasteiger partial charge >= 0.3 is 5.97 Å². The summed E-state index contributed by atoms with van der Waals surface area (Å²) in [6.45, 7) is 0. The Morgan fingerprint density at radius 3 is 2.31 bits per heavy atom. The number of imide groups is 1. The molecule has 4 heterocycles. The lowest BCUT2D eigenvalue weighted by molar-refractivity contribution is -0.170. The first-order chi connectivity index (χ1) is 12.5. The van der Waals surface area contributed by atoms with Crippen molar-refractivity contribution < 1.29 is 24.3 Å². The number of β-lactam (4-membered cyclic amide) rings is 1. The van der Waals surface area contributed by atoms with Gasteiger partial charge in [0.05, 0.1) is 17.2 Å². The molecule has 3 atom stereocenters. The van der Waals surface area contributed by atoms with Crippen LogP contribution in [-0.2, 0) is 16.0 Å². The van der Waals surface area contributed by atoms with Crippen LogP contribution < -0.4 is 0 Å². The molecule has 3 aliphatic heterocycles. The molecular weight excluding hydrogens is 356 g/mol. The zero-order valence-electron chi connectivity index (χ0n) is 13.3. The van der Waals surface area contributed by atoms with Crippen molar-refractivity contribution in [1.82, 2.24) is 9.80 Å². The van der Waals surface area contributed by atoms with Crippen LogP contribution in [0.3, 0.4) is 0 Å². The normalized spacial score (nSPS) is 26.3. The molecule has 0 saturated carbocycles. The molecule has 26 heavy (non-hydrogen) atoms. The number of carboxylic acid groups (broad SMARTS) is 1. The van der Waals surface area contributed by atoms with E-state index < -0.39 is 41.8 Å². The average molecular weight is 368 g/mol. The summed E-state index contributed by atoms with van der Waals surface area (Å²) < 4.78 is 0. The Kier molecular flexibility index (Phi) is 2.94. The lowest BCUT2D eigenvalue weighted by Crippen LogP contribution is -2.71. The van der Waals surface area contributed by atoms with Crippen molar-refractivity contribution in [3.05, 3.63) is 57.3 Å². The first-order valence-electron chi connectivity index (χ1n) is 8.09. The van der Waals surface area contributed by atoms with Crippen LogP contribution in [0.5, 0.6) is 0 Å². The van der Waals surface area contributed by atoms with Crippen LogP contribution in [0.1, 0.15) is 37.2 Å². The lowest BCUT2D eigenvalue weighted by atomic mass is 9.82. The van der Waals surface area contributed by atoms with Gasteiger partial charge in [0.25, 0.3) is 11.8 Å². The van der Waals surface area contributed by atoms with E-state index in [0.29, 0.717) is 0 Å². The Balaban J connectivity index is 1.59. The number of rotatable bonds is 2. The van der Waals surface area contributed by atoms with Gasteiger partial charge in [0.15, 0.2) is 0 Å². The molecule has 2 aromatic rings. The molecule has 1 aromatic heterocycles. The van der Waals surface area contributed by atoms with Crippen LogP contribution in [0.25, 0.3) is 0 Å². The molecule has 3 aliphatic rings. The number of amides is 3. The van der Waals surface area contributed by atoms with Crippen LogP contribution in [0, 0.1) is 0 Å². The lowest BCUT2D eigenvalue weighted by Gasteiger charge is -2.53. The number of thiophene rings is 1. The minimum absolute atomic E-state index is 0.241. The number of nitrogens with zero attached hydrogens (tertiary/aromatic N) is 2. The monoisotopic (exact) mass is 368 g/mol. The van der Waals surface area contributed by atoms with E-state index in [0.717, 1.165) is 15.3 Å². The second-order valence-corrected chi connectivity index (χ2v) is 7.48. The quantitative estimate of drug-likeness (QED) is 0.637. The smallest absolute Gasteiger partial charge is 0.326 e. The second-order valence-electron chi connectivity index (χ2n) is 6.53. The highest BCUT2D eigenvalue weighted by Gasteiger charge is 2.61. The summed E-state index contributed by atoms with van der Waals surface area (Å²) in [5.74, 6) is -2.57. The first-order valence-corrected chi connectivity index (χ1v) is 8.97. The summed E-state index contributed by atoms with van der Waals surface area (Å²) in [4.78, 5) is 53.1. The van der Waals surface area contributed by atoms with E-state index in [1.54, 1.807) is 24.3 Å². The Hall–Kier alpha value is -3.00. The fraction of sp³-hybridized carbons (Fsp3) is 0.222. The molecule has 130 valence electrons. The zero-order valence-corrected chi connectivity index (χ0v) is 14.1. The van der Waals surface area contributed by atoms with Gasteiger partial charge in [0.1, 0.15) is 12.1 Å². The fourth-order valence-corrected chi connectivity index (χ4v) is 5.18. The van der Waals surface area contributed by atoms with Crippen molar-refractivity contribution >= 4 is 35.0 Å². The molecule has 1 aromatic carbocycles. The predicted octanol–water partition coefficient (Wildman–Crippen LogP) is 1.31. The summed E-state index contributed by atoms with van der Waals surface area (Å²) in [6.07, 6.45) is 0.241. The van der Waals surface area contributed by atoms with Crippen molar-refractivity contribution in [2.75, 3.05) is 0 Å². The molecule has 0 aliphatic carbocycles. The Labute approximate surface area is 151 Å². The molecule has 5 rings (SSSR count). The highest BCUT2D eigenvalue weighted by molar-refractivity contribution is 7.10. The van der Waals surface area contributed by atoms with Crippen LogP contribution in [0.2, 0.25) is 0 Å². The van der Waals surface area contributed by atoms with Crippen LogP contribution in [-0.4, -0.2) is 50.7 Å². The number of carbonyl (C=O) groups is 4. The molecule has 7 nitrogen and oxygen atoms in total. The van der Waals surface area contributed by atoms with Gasteiger partial charge < -0.3 is 10.0 Å². The third kappa shape index (κ3) is 1.71. The molecule has 0 spiro atoms. The Morgan fingerprint density at radius 2 is 1.69 bits per heavy atom. The molecule has 8 heteroatoms. The summed E-state index contributed by atoms with van der Waals surface area (Å²) in [7, 11) is 0. The van der Waals surface area contributed by atoms with E-state index in [9.17, 15) is 24.3 Å². The molecule has 3 unspecified atom stereocenters. The number of aliphatic carboxylic acids is 1. The van der Waals surface area contributed by atoms with Crippen LogP contribution >= 0.6 is 11.3 Å². The largest absolute Gasteiger partial charge is 0.480 e. The topological polar surface area (TPSA) is 95.0 Å². The summed E-state index contributed by atoms with van der Waals surface area (Å²) in [6, 6.07) is 5.76. The van der Waals surface area contributed by atoms with E-state index in [-0.39, 0.29) is 17.5 Å². The zero-order chi connectivity index (χ0) is 18.2. The minimum Gasteiger partial charge on any atom is -0.480 e. The Bertz CT molecular complexity index is 978. The summed E-state index contributed by atoms with van der Waals surface area (Å²) in [5.41, 5.74) is 1.42. The van der Waals surface area contributed by atoms with E-state index in [1.165, 1.54) is 16.2 Å². The maximum Gasteiger partial charge on any atom is 0.326 e. The average Bonchev–Trinajstić information content (AvgIpc) is 3.19. The third-order valence-electron chi connectivity index (χ3n) is 5.29. The number of hydrogen-bond donors (Lipinski definition) is 1. The molecule has 1 fully saturated rings. The fourth-order valence-electron chi connectivity index (χ4n) is 4.11. The number of benzene rings is 1. The highest BCUT2D eigenvalue weighted by atomic mass is 32.1. The van der Waals surface area contributed by atoms with E-state index in [2.05, 4.69) is 0 Å². The van der Waals surface area contributed by atoms with Crippen molar-refractivity contribution in [2.24, 2.45) is 0 Å². The molecule has 3 amide bonds. The van der Waals surface area contributed by atoms with E-state index >= 15 is 0 Å². The maximum absolute atomic E-state index is 12.8. The first kappa shape index (κ1) is 15.3. The van der Waals surface area contributed by atoms with Crippen molar-refractivity contribution in [3.63, 3.8) is 0 Å². The van der Waals surface area contributed by atoms with Crippen LogP contribution in [0.4, 0.5) is 0 Å². The van der Waals surface area contributed by atoms with Gasteiger partial charge in [-0.25, -0.2) is 4.79 Å². The van der Waals surface area contributed by atoms with Gasteiger partial charge in [-0.15, -0.1) is 11.3 Å². The van der Waals surface area contributed by atoms with Crippen molar-refractivity contribution in [1.29, 1.82) is 0 Å². The van der Waals surface area contributed by atoms with Crippen molar-refractivity contribution in [2.45, 2.75) is 24.5 Å². The van der Waals surface area contributed by atoms with Crippen molar-refractivity contribution in [3.8, 4) is 0 Å². The van der Waals surface area contributed by atoms with Gasteiger partial charge in [-0.05, 0) is 29.1 Å². The summed E-state index contributed by atoms with van der Waals surface area (Å²) >= 11 is 1.42. The van der Waals surface area contributed by atoms with Gasteiger partial charge in [-0.1, -0.05) is 12.1 Å². The minimum atomic E-state index is -1.08. The number of hydrogen-bond acceptors (Lipinski definition) is 5. The molecule has 0 bridgehead atoms. The van der Waals surface area contributed by atoms with Gasteiger partial charge in [-0.3, -0.25) is 19.3 Å². The second kappa shape index (κ2) is 5.01. The number of carboxylic acids is 1. The SMILES string of the molecule is O=C(O)C1Cc2ccsc2C2C(N3C(=O)c4ccccc4C3=O)C(=O)N12. The predicted molar refractivity (Wildman–Crippen MR) is 89.8 cm³/mol. The molecule has 0 radical (unpaired) electrons. The Morgan fingerprint density at radius 1 is 1.04 bits per heavy atom. The standard InChI is InChI=1S/C18H12N2O5S/c21-15-9-3-1-2-4-10(9)16(22)20(15)13-12-14-8(5-6-26-14)7-11(18(24)25)19(12)17(13)23/h1-6,11-13H,7H2,(H,24,25). The number of fused-ring (bicyclic) bond motifs is 4.